The molecule has 0 radical (unpaired) electrons. The van der Waals surface area contributed by atoms with Crippen LogP contribution in [0.1, 0.15) is 59.1 Å². The summed E-state index contributed by atoms with van der Waals surface area (Å²) in [6.45, 7) is 3.91. The zero-order chi connectivity index (χ0) is 40.8. The van der Waals surface area contributed by atoms with Gasteiger partial charge in [-0.3, -0.25) is 19.2 Å². The number of nitrogens with two attached hydrogens (primary N) is 2. The van der Waals surface area contributed by atoms with E-state index in [0.29, 0.717) is 24.0 Å². The number of rotatable bonds is 23. The highest BCUT2D eigenvalue weighted by atomic mass is 35.5. The molecule has 4 aromatic rings. The Balaban J connectivity index is 1.52. The molecule has 15 nitrogen and oxygen atoms in total. The number of amides is 2. The van der Waals surface area contributed by atoms with Crippen LogP contribution >= 0.6 is 23.2 Å². The van der Waals surface area contributed by atoms with Crippen LogP contribution in [0.5, 0.6) is 23.5 Å². The molecule has 0 atom stereocenters. The van der Waals surface area contributed by atoms with Gasteiger partial charge in [0.1, 0.15) is 23.3 Å². The lowest BCUT2D eigenvalue weighted by Crippen LogP contribution is -2.22. The van der Waals surface area contributed by atoms with Crippen LogP contribution in [0.3, 0.4) is 0 Å². The van der Waals surface area contributed by atoms with E-state index in [1.807, 2.05) is 50.2 Å². The maximum atomic E-state index is 11.3. The Morgan fingerprint density at radius 1 is 0.661 bits per heavy atom. The molecule has 0 bridgehead atoms. The standard InChI is InChI=1S/C39H43Cl2N5O10/c1-22-25(20-55-38-30(40)16-24(6-5-11-34(49)50)36(45-38)53-14-12-32(42)47)7-3-9-28(22)29-10-4-8-26(23(29)2)21-56-39-31(41)17-27(18-44-19-35(51)52)37(46-39)54-15-13-33(43)48/h3-4,7-10,16-17,44H,5-6,11-15,18-21H2,1-2H3,(H2,42,47)(H2,43,48)(H,49,50)(H,51,52). The Morgan fingerprint density at radius 2 is 1.14 bits per heavy atom. The average Bonchev–Trinajstić information content (AvgIpc) is 3.12. The maximum absolute atomic E-state index is 11.3. The molecule has 2 aromatic carbocycles. The number of nitrogens with zero attached hydrogens (tertiary/aromatic N) is 2. The SMILES string of the molecule is Cc1c(COc2nc(OCCC(N)=O)c(CCCC(=O)O)cc2Cl)cccc1-c1cccc(COc2nc(OCCC(N)=O)c(CNCC(=O)O)cc2Cl)c1C. The minimum atomic E-state index is -1.04. The summed E-state index contributed by atoms with van der Waals surface area (Å²) in [4.78, 5) is 53.5. The minimum absolute atomic E-state index is 0.0163. The van der Waals surface area contributed by atoms with Gasteiger partial charge >= 0.3 is 11.9 Å². The molecule has 4 rings (SSSR count). The average molecular weight is 813 g/mol. The van der Waals surface area contributed by atoms with E-state index in [-0.39, 0.29) is 92.3 Å². The molecular formula is C39H43Cl2N5O10. The minimum Gasteiger partial charge on any atom is -0.481 e. The number of hydrogen-bond acceptors (Lipinski definition) is 11. The van der Waals surface area contributed by atoms with Crippen LogP contribution in [0, 0.1) is 13.8 Å². The first-order valence-corrected chi connectivity index (χ1v) is 18.3. The van der Waals surface area contributed by atoms with Crippen molar-refractivity contribution in [1.82, 2.24) is 15.3 Å². The van der Waals surface area contributed by atoms with Crippen LogP contribution in [0.4, 0.5) is 0 Å². The van der Waals surface area contributed by atoms with Crippen LogP contribution in [0.25, 0.3) is 11.1 Å². The smallest absolute Gasteiger partial charge is 0.317 e. The fraction of sp³-hybridized carbons (Fsp3) is 0.333. The zero-order valence-electron chi connectivity index (χ0n) is 30.9. The number of halogens is 2. The van der Waals surface area contributed by atoms with E-state index in [4.69, 9.17) is 63.8 Å². The van der Waals surface area contributed by atoms with Crippen molar-refractivity contribution >= 4 is 47.0 Å². The molecule has 0 unspecified atom stereocenters. The van der Waals surface area contributed by atoms with Crippen molar-refractivity contribution in [3.63, 3.8) is 0 Å². The van der Waals surface area contributed by atoms with Gasteiger partial charge < -0.3 is 45.9 Å². The molecule has 0 saturated carbocycles. The van der Waals surface area contributed by atoms with E-state index < -0.39 is 23.8 Å². The van der Waals surface area contributed by atoms with E-state index in [2.05, 4.69) is 15.3 Å². The number of aliphatic carboxylic acids is 2. The fourth-order valence-electron chi connectivity index (χ4n) is 5.53. The number of carbonyl (C=O) groups excluding carboxylic acids is 2. The highest BCUT2D eigenvalue weighted by Gasteiger charge is 2.18. The number of aromatic nitrogens is 2. The summed E-state index contributed by atoms with van der Waals surface area (Å²) in [5.74, 6) is -2.55. The van der Waals surface area contributed by atoms with Crippen LogP contribution in [-0.4, -0.2) is 63.7 Å². The Morgan fingerprint density at radius 3 is 1.61 bits per heavy atom. The molecular weight excluding hydrogens is 769 g/mol. The van der Waals surface area contributed by atoms with Gasteiger partial charge in [-0.1, -0.05) is 59.6 Å². The number of carbonyl (C=O) groups is 4. The van der Waals surface area contributed by atoms with Gasteiger partial charge in [0.15, 0.2) is 0 Å². The van der Waals surface area contributed by atoms with Gasteiger partial charge in [-0.15, -0.1) is 0 Å². The lowest BCUT2D eigenvalue weighted by atomic mass is 9.92. The molecule has 0 fully saturated rings. The summed E-state index contributed by atoms with van der Waals surface area (Å²) in [7, 11) is 0. The molecule has 0 saturated heterocycles. The molecule has 0 aliphatic heterocycles. The Bertz CT molecular complexity index is 1920. The summed E-state index contributed by atoms with van der Waals surface area (Å²) in [5.41, 5.74) is 17.1. The molecule has 2 aromatic heterocycles. The lowest BCUT2D eigenvalue weighted by Gasteiger charge is -2.18. The molecule has 0 spiro atoms. The third kappa shape index (κ3) is 12.7. The molecule has 2 heterocycles. The number of primary amides is 2. The normalized spacial score (nSPS) is 10.9. The summed E-state index contributed by atoms with van der Waals surface area (Å²) in [5, 5.41) is 21.2. The number of ether oxygens (including phenoxy) is 4. The third-order valence-electron chi connectivity index (χ3n) is 8.48. The largest absolute Gasteiger partial charge is 0.481 e. The fourth-order valence-corrected chi connectivity index (χ4v) is 5.99. The second-order valence-corrected chi connectivity index (χ2v) is 13.4. The molecule has 56 heavy (non-hydrogen) atoms. The first-order valence-electron chi connectivity index (χ1n) is 17.5. The van der Waals surface area contributed by atoms with E-state index in [9.17, 15) is 19.2 Å². The van der Waals surface area contributed by atoms with Crippen LogP contribution in [-0.2, 0) is 45.4 Å². The highest BCUT2D eigenvalue weighted by Crippen LogP contribution is 2.35. The quantitative estimate of drug-likeness (QED) is 0.0639. The number of carboxylic acid groups (broad SMARTS) is 2. The van der Waals surface area contributed by atoms with Gasteiger partial charge in [0.25, 0.3) is 0 Å². The summed E-state index contributed by atoms with van der Waals surface area (Å²) in [6, 6.07) is 14.9. The third-order valence-corrected chi connectivity index (χ3v) is 9.02. The second-order valence-electron chi connectivity index (χ2n) is 12.6. The predicted molar refractivity (Wildman–Crippen MR) is 207 cm³/mol. The van der Waals surface area contributed by atoms with Gasteiger partial charge in [0, 0.05) is 24.1 Å². The topological polar surface area (TPSA) is 236 Å². The zero-order valence-corrected chi connectivity index (χ0v) is 32.4. The monoisotopic (exact) mass is 811 g/mol. The van der Waals surface area contributed by atoms with Crippen molar-refractivity contribution in [1.29, 1.82) is 0 Å². The predicted octanol–water partition coefficient (Wildman–Crippen LogP) is 5.32. The van der Waals surface area contributed by atoms with Crippen LogP contribution in [0.2, 0.25) is 10.0 Å². The first-order chi connectivity index (χ1) is 26.7. The maximum Gasteiger partial charge on any atom is 0.317 e. The van der Waals surface area contributed by atoms with Crippen molar-refractivity contribution in [2.24, 2.45) is 11.5 Å². The number of aryl methyl sites for hydroxylation is 1. The Labute approximate surface area is 333 Å². The number of nitrogens with one attached hydrogen (secondary N) is 1. The van der Waals surface area contributed by atoms with Gasteiger partial charge in [-0.25, -0.2) is 0 Å². The van der Waals surface area contributed by atoms with Crippen molar-refractivity contribution in [2.75, 3.05) is 19.8 Å². The van der Waals surface area contributed by atoms with Crippen molar-refractivity contribution in [2.45, 2.75) is 65.7 Å². The Kier molecular flexibility index (Phi) is 16.1. The van der Waals surface area contributed by atoms with Crippen molar-refractivity contribution in [3.8, 4) is 34.6 Å². The molecule has 0 aliphatic rings. The highest BCUT2D eigenvalue weighted by molar-refractivity contribution is 6.32. The molecule has 2 amide bonds. The van der Waals surface area contributed by atoms with Crippen LogP contribution < -0.4 is 35.7 Å². The molecule has 7 N–H and O–H groups in total. The number of hydrogen-bond donors (Lipinski definition) is 5. The van der Waals surface area contributed by atoms with E-state index in [1.165, 1.54) is 0 Å². The molecule has 0 aliphatic carbocycles. The van der Waals surface area contributed by atoms with Gasteiger partial charge in [-0.2, -0.15) is 9.97 Å². The Hall–Kier alpha value is -5.64. The summed E-state index contributed by atoms with van der Waals surface area (Å²) in [6.07, 6.45) is 0.548. The van der Waals surface area contributed by atoms with Gasteiger partial charge in [-0.05, 0) is 72.2 Å². The van der Waals surface area contributed by atoms with Crippen molar-refractivity contribution < 1.29 is 48.3 Å². The molecule has 298 valence electrons. The number of carboxylic acids is 2. The molecule has 17 heteroatoms. The first kappa shape index (κ1) is 43.1. The van der Waals surface area contributed by atoms with E-state index in [0.717, 1.165) is 33.4 Å². The second kappa shape index (κ2) is 20.9. The number of benzene rings is 2. The van der Waals surface area contributed by atoms with Gasteiger partial charge in [0.05, 0.1) is 32.6 Å². The lowest BCUT2D eigenvalue weighted by molar-refractivity contribution is -0.137. The van der Waals surface area contributed by atoms with E-state index >= 15 is 0 Å². The number of pyridine rings is 2. The van der Waals surface area contributed by atoms with Gasteiger partial charge in [0.2, 0.25) is 35.3 Å². The summed E-state index contributed by atoms with van der Waals surface area (Å²) >= 11 is 13.1. The van der Waals surface area contributed by atoms with Crippen molar-refractivity contribution in [3.05, 3.63) is 92.0 Å². The van der Waals surface area contributed by atoms with E-state index in [1.54, 1.807) is 12.1 Å². The summed E-state index contributed by atoms with van der Waals surface area (Å²) < 4.78 is 23.6. The van der Waals surface area contributed by atoms with Crippen LogP contribution in [0.15, 0.2) is 48.5 Å².